The van der Waals surface area contributed by atoms with Crippen molar-refractivity contribution in [3.05, 3.63) is 47.3 Å². The summed E-state index contributed by atoms with van der Waals surface area (Å²) >= 11 is 0. The summed E-state index contributed by atoms with van der Waals surface area (Å²) in [6, 6.07) is 6.09. The molecule has 0 saturated carbocycles. The number of carbonyl (C=O) groups excluding carboxylic acids is 1. The van der Waals surface area contributed by atoms with Gasteiger partial charge in [-0.1, -0.05) is 13.8 Å². The summed E-state index contributed by atoms with van der Waals surface area (Å²) in [4.78, 5) is 21.5. The molecule has 156 valence electrons. The van der Waals surface area contributed by atoms with Gasteiger partial charge < -0.3 is 19.3 Å². The van der Waals surface area contributed by atoms with Crippen LogP contribution < -0.4 is 14.4 Å². The number of ether oxygens (including phenoxy) is 2. The Kier molecular flexibility index (Phi) is 6.96. The van der Waals surface area contributed by atoms with Crippen molar-refractivity contribution in [2.75, 3.05) is 38.8 Å². The molecule has 0 aliphatic carbocycles. The first kappa shape index (κ1) is 21.0. The highest BCUT2D eigenvalue weighted by atomic mass is 16.5. The number of fused-ring (bicyclic) bond motifs is 1. The van der Waals surface area contributed by atoms with Gasteiger partial charge in [-0.3, -0.25) is 9.78 Å². The topological polar surface area (TPSA) is 54.9 Å². The van der Waals surface area contributed by atoms with E-state index in [-0.39, 0.29) is 5.91 Å². The van der Waals surface area contributed by atoms with Gasteiger partial charge in [0.05, 0.1) is 31.7 Å². The predicted molar refractivity (Wildman–Crippen MR) is 115 cm³/mol. The monoisotopic (exact) mass is 397 g/mol. The number of hydrogen-bond acceptors (Lipinski definition) is 5. The van der Waals surface area contributed by atoms with E-state index in [4.69, 9.17) is 9.47 Å². The molecule has 0 N–H and O–H groups in total. The normalized spacial score (nSPS) is 13.0. The van der Waals surface area contributed by atoms with Crippen molar-refractivity contribution in [3.8, 4) is 11.5 Å². The number of rotatable bonds is 8. The minimum absolute atomic E-state index is 0.0619. The average Bonchev–Trinajstić information content (AvgIpc) is 2.77. The Hall–Kier alpha value is -2.76. The second-order valence-corrected chi connectivity index (χ2v) is 7.37. The quantitative estimate of drug-likeness (QED) is 0.676. The van der Waals surface area contributed by atoms with Crippen molar-refractivity contribution < 1.29 is 14.3 Å². The zero-order valence-electron chi connectivity index (χ0n) is 17.9. The third-order valence-corrected chi connectivity index (χ3v) is 5.33. The molecule has 3 rings (SSSR count). The van der Waals surface area contributed by atoms with E-state index in [2.05, 4.69) is 29.8 Å². The van der Waals surface area contributed by atoms with Gasteiger partial charge in [0.15, 0.2) is 11.5 Å². The molecule has 0 radical (unpaired) electrons. The molecule has 6 nitrogen and oxygen atoms in total. The Labute approximate surface area is 173 Å². The first-order valence-electron chi connectivity index (χ1n) is 10.3. The highest BCUT2D eigenvalue weighted by Crippen LogP contribution is 2.34. The number of carbonyl (C=O) groups is 1. The van der Waals surface area contributed by atoms with Crippen molar-refractivity contribution in [1.82, 2.24) is 9.88 Å². The summed E-state index contributed by atoms with van der Waals surface area (Å²) in [6.07, 6.45) is 6.33. The Morgan fingerprint density at radius 1 is 1.03 bits per heavy atom. The van der Waals surface area contributed by atoms with Gasteiger partial charge in [-0.05, 0) is 48.6 Å². The van der Waals surface area contributed by atoms with Gasteiger partial charge in [-0.25, -0.2) is 0 Å². The summed E-state index contributed by atoms with van der Waals surface area (Å²) in [6.45, 7) is 7.36. The number of amides is 1. The van der Waals surface area contributed by atoms with E-state index in [1.165, 1.54) is 11.1 Å². The number of nitrogens with zero attached hydrogens (tertiary/aromatic N) is 3. The average molecular weight is 398 g/mol. The van der Waals surface area contributed by atoms with Gasteiger partial charge in [-0.15, -0.1) is 0 Å². The lowest BCUT2D eigenvalue weighted by Crippen LogP contribution is -2.33. The molecule has 0 fully saturated rings. The van der Waals surface area contributed by atoms with Crippen LogP contribution in [0.1, 0.15) is 48.2 Å². The van der Waals surface area contributed by atoms with Gasteiger partial charge in [0.2, 0.25) is 0 Å². The maximum Gasteiger partial charge on any atom is 0.255 e. The Balaban J connectivity index is 1.82. The lowest BCUT2D eigenvalue weighted by atomic mass is 9.98. The first-order chi connectivity index (χ1) is 14.1. The van der Waals surface area contributed by atoms with E-state index in [9.17, 15) is 4.79 Å². The Bertz CT molecular complexity index is 847. The van der Waals surface area contributed by atoms with E-state index < -0.39 is 0 Å². The molecule has 1 amide bonds. The van der Waals surface area contributed by atoms with Crippen molar-refractivity contribution in [2.45, 2.75) is 39.7 Å². The zero-order valence-corrected chi connectivity index (χ0v) is 17.9. The summed E-state index contributed by atoms with van der Waals surface area (Å²) in [5, 5.41) is 0. The SMILES string of the molecule is CCCN(CCC)C(=O)c1cncc(N2CCc3cc(OC)c(OC)cc3C2)c1. The lowest BCUT2D eigenvalue weighted by Gasteiger charge is -2.31. The van der Waals surface area contributed by atoms with Crippen LogP contribution in [-0.4, -0.2) is 49.6 Å². The molecule has 0 atom stereocenters. The molecule has 0 saturated heterocycles. The Morgan fingerprint density at radius 3 is 2.31 bits per heavy atom. The van der Waals surface area contributed by atoms with Crippen LogP contribution in [0.15, 0.2) is 30.6 Å². The molecule has 1 aromatic carbocycles. The van der Waals surface area contributed by atoms with E-state index in [1.54, 1.807) is 20.4 Å². The molecule has 29 heavy (non-hydrogen) atoms. The van der Waals surface area contributed by atoms with Gasteiger partial charge >= 0.3 is 0 Å². The molecular weight excluding hydrogens is 366 g/mol. The number of anilines is 1. The van der Waals surface area contributed by atoms with Gasteiger partial charge in [0.1, 0.15) is 0 Å². The standard InChI is InChI=1S/C23H31N3O3/c1-5-8-25(9-6-2)23(27)18-11-20(15-24-14-18)26-10-7-17-12-21(28-3)22(29-4)13-19(17)16-26/h11-15H,5-10,16H2,1-4H3. The lowest BCUT2D eigenvalue weighted by molar-refractivity contribution is 0.0755. The third kappa shape index (κ3) is 4.63. The molecule has 0 unspecified atom stereocenters. The van der Waals surface area contributed by atoms with Crippen molar-refractivity contribution in [2.24, 2.45) is 0 Å². The minimum Gasteiger partial charge on any atom is -0.493 e. The number of benzene rings is 1. The van der Waals surface area contributed by atoms with Crippen LogP contribution in [0.3, 0.4) is 0 Å². The number of pyridine rings is 1. The molecule has 6 heteroatoms. The molecule has 2 heterocycles. The number of methoxy groups -OCH3 is 2. The van der Waals surface area contributed by atoms with Crippen molar-refractivity contribution in [3.63, 3.8) is 0 Å². The number of hydrogen-bond donors (Lipinski definition) is 0. The zero-order chi connectivity index (χ0) is 20.8. The minimum atomic E-state index is 0.0619. The third-order valence-electron chi connectivity index (χ3n) is 5.33. The summed E-state index contributed by atoms with van der Waals surface area (Å²) in [7, 11) is 3.32. The molecule has 0 bridgehead atoms. The second-order valence-electron chi connectivity index (χ2n) is 7.37. The summed E-state index contributed by atoms with van der Waals surface area (Å²) in [5.74, 6) is 1.57. The fourth-order valence-electron chi connectivity index (χ4n) is 3.86. The van der Waals surface area contributed by atoms with Crippen molar-refractivity contribution in [1.29, 1.82) is 0 Å². The molecule has 0 spiro atoms. The van der Waals surface area contributed by atoms with Crippen molar-refractivity contribution >= 4 is 11.6 Å². The van der Waals surface area contributed by atoms with Gasteiger partial charge in [-0.2, -0.15) is 0 Å². The van der Waals surface area contributed by atoms with Crippen LogP contribution in [0.5, 0.6) is 11.5 Å². The van der Waals surface area contributed by atoms with Crippen LogP contribution in [0.4, 0.5) is 5.69 Å². The highest BCUT2D eigenvalue weighted by Gasteiger charge is 2.21. The second kappa shape index (κ2) is 9.63. The van der Waals surface area contributed by atoms with Gasteiger partial charge in [0.25, 0.3) is 5.91 Å². The summed E-state index contributed by atoms with van der Waals surface area (Å²) < 4.78 is 10.9. The van der Waals surface area contributed by atoms with Crippen LogP contribution >= 0.6 is 0 Å². The first-order valence-corrected chi connectivity index (χ1v) is 10.3. The fourth-order valence-corrected chi connectivity index (χ4v) is 3.86. The van der Waals surface area contributed by atoms with Crippen LogP contribution in [0, 0.1) is 0 Å². The van der Waals surface area contributed by atoms with E-state index in [1.807, 2.05) is 23.2 Å². The van der Waals surface area contributed by atoms with E-state index in [0.29, 0.717) is 5.56 Å². The fraction of sp³-hybridized carbons (Fsp3) is 0.478. The van der Waals surface area contributed by atoms with Crippen LogP contribution in [0.25, 0.3) is 0 Å². The molecule has 2 aromatic rings. The van der Waals surface area contributed by atoms with Crippen LogP contribution in [-0.2, 0) is 13.0 Å². The van der Waals surface area contributed by atoms with Gasteiger partial charge in [0, 0.05) is 32.4 Å². The number of aromatic nitrogens is 1. The molecule has 1 aliphatic heterocycles. The molecule has 1 aromatic heterocycles. The maximum absolute atomic E-state index is 12.9. The summed E-state index contributed by atoms with van der Waals surface area (Å²) in [5.41, 5.74) is 4.12. The molecule has 1 aliphatic rings. The largest absolute Gasteiger partial charge is 0.493 e. The maximum atomic E-state index is 12.9. The molecular formula is C23H31N3O3. The predicted octanol–water partition coefficient (Wildman–Crippen LogP) is 3.92. The van der Waals surface area contributed by atoms with E-state index in [0.717, 1.165) is 62.6 Å². The smallest absolute Gasteiger partial charge is 0.255 e. The van der Waals surface area contributed by atoms with Crippen LogP contribution in [0.2, 0.25) is 0 Å². The Morgan fingerprint density at radius 2 is 1.69 bits per heavy atom. The highest BCUT2D eigenvalue weighted by molar-refractivity contribution is 5.94. The van der Waals surface area contributed by atoms with E-state index >= 15 is 0 Å².